The van der Waals surface area contributed by atoms with Crippen LogP contribution in [0.1, 0.15) is 28.7 Å². The van der Waals surface area contributed by atoms with Gasteiger partial charge in [-0.05, 0) is 62.4 Å². The molecule has 0 bridgehead atoms. The molecule has 5 heteroatoms. The van der Waals surface area contributed by atoms with Crippen LogP contribution in [0.3, 0.4) is 0 Å². The average Bonchev–Trinajstić information content (AvgIpc) is 2.61. The van der Waals surface area contributed by atoms with Crippen LogP contribution in [0.5, 0.6) is 0 Å². The molecule has 0 aliphatic heterocycles. The van der Waals surface area contributed by atoms with Gasteiger partial charge in [0, 0.05) is 32.0 Å². The molecular formula is C22H29N3O2. The lowest BCUT2D eigenvalue weighted by Gasteiger charge is -2.13. The fourth-order valence-corrected chi connectivity index (χ4v) is 3.08. The van der Waals surface area contributed by atoms with Crippen LogP contribution in [0.2, 0.25) is 0 Å². The van der Waals surface area contributed by atoms with Crippen LogP contribution in [0, 0.1) is 20.8 Å². The highest BCUT2D eigenvalue weighted by Gasteiger charge is 2.15. The van der Waals surface area contributed by atoms with E-state index in [0.717, 1.165) is 35.2 Å². The van der Waals surface area contributed by atoms with Crippen molar-refractivity contribution in [3.8, 4) is 0 Å². The molecule has 27 heavy (non-hydrogen) atoms. The first-order valence-corrected chi connectivity index (χ1v) is 9.21. The minimum absolute atomic E-state index is 0.466. The summed E-state index contributed by atoms with van der Waals surface area (Å²) in [4.78, 5) is 26.2. The minimum atomic E-state index is -0.625. The molecule has 144 valence electrons. The second kappa shape index (κ2) is 9.21. The molecule has 2 N–H and O–H groups in total. The third-order valence-electron chi connectivity index (χ3n) is 4.50. The van der Waals surface area contributed by atoms with Gasteiger partial charge < -0.3 is 15.5 Å². The van der Waals surface area contributed by atoms with Crippen molar-refractivity contribution in [1.82, 2.24) is 5.32 Å². The molecule has 2 rings (SSSR count). The van der Waals surface area contributed by atoms with Gasteiger partial charge in [0.1, 0.15) is 0 Å². The molecule has 2 aromatic carbocycles. The molecule has 5 nitrogen and oxygen atoms in total. The smallest absolute Gasteiger partial charge is 0.313 e. The molecular weight excluding hydrogens is 338 g/mol. The molecule has 2 amide bonds. The molecule has 0 saturated carbocycles. The predicted octanol–water partition coefficient (Wildman–Crippen LogP) is 3.37. The predicted molar refractivity (Wildman–Crippen MR) is 111 cm³/mol. The van der Waals surface area contributed by atoms with Crippen LogP contribution in [0.15, 0.2) is 36.4 Å². The Hall–Kier alpha value is -2.82. The van der Waals surface area contributed by atoms with E-state index in [0.29, 0.717) is 12.2 Å². The number of aryl methyl sites for hydroxylation is 4. The number of nitrogens with one attached hydrogen (secondary N) is 2. The maximum absolute atomic E-state index is 12.1. The number of amides is 2. The summed E-state index contributed by atoms with van der Waals surface area (Å²) in [6.45, 7) is 6.32. The standard InChI is InChI=1S/C22H29N3O2/c1-15-13-16(2)20(17(3)14-15)24-22(27)21(26)23-12-6-7-18-8-10-19(11-9-18)25(4)5/h8-11,13-14H,6-7,12H2,1-5H3,(H,23,26)(H,24,27). The summed E-state index contributed by atoms with van der Waals surface area (Å²) in [6, 6.07) is 12.3. The number of nitrogens with zero attached hydrogens (tertiary/aromatic N) is 1. The zero-order valence-corrected chi connectivity index (χ0v) is 16.8. The lowest BCUT2D eigenvalue weighted by Crippen LogP contribution is -2.36. The van der Waals surface area contributed by atoms with Gasteiger partial charge in [-0.15, -0.1) is 0 Å². The first-order valence-electron chi connectivity index (χ1n) is 9.21. The second-order valence-electron chi connectivity index (χ2n) is 7.15. The van der Waals surface area contributed by atoms with Crippen molar-refractivity contribution in [2.75, 3.05) is 30.9 Å². The quantitative estimate of drug-likeness (QED) is 0.608. The fraction of sp³-hybridized carbons (Fsp3) is 0.364. The zero-order chi connectivity index (χ0) is 20.0. The Morgan fingerprint density at radius 3 is 2.07 bits per heavy atom. The van der Waals surface area contributed by atoms with Crippen molar-refractivity contribution in [3.05, 3.63) is 58.7 Å². The number of anilines is 2. The van der Waals surface area contributed by atoms with E-state index in [1.807, 2.05) is 47.0 Å². The van der Waals surface area contributed by atoms with Crippen molar-refractivity contribution in [3.63, 3.8) is 0 Å². The van der Waals surface area contributed by atoms with E-state index >= 15 is 0 Å². The van der Waals surface area contributed by atoms with E-state index < -0.39 is 11.8 Å². The Labute approximate surface area is 161 Å². The molecule has 0 radical (unpaired) electrons. The van der Waals surface area contributed by atoms with E-state index in [-0.39, 0.29) is 0 Å². The molecule has 0 aliphatic carbocycles. The first-order chi connectivity index (χ1) is 12.8. The highest BCUT2D eigenvalue weighted by Crippen LogP contribution is 2.21. The van der Waals surface area contributed by atoms with Gasteiger partial charge in [-0.2, -0.15) is 0 Å². The van der Waals surface area contributed by atoms with Crippen LogP contribution < -0.4 is 15.5 Å². The highest BCUT2D eigenvalue weighted by molar-refractivity contribution is 6.39. The van der Waals surface area contributed by atoms with Crippen LogP contribution in [0.4, 0.5) is 11.4 Å². The van der Waals surface area contributed by atoms with E-state index in [4.69, 9.17) is 0 Å². The van der Waals surface area contributed by atoms with Gasteiger partial charge in [0.05, 0.1) is 0 Å². The molecule has 0 unspecified atom stereocenters. The zero-order valence-electron chi connectivity index (χ0n) is 16.8. The fourth-order valence-electron chi connectivity index (χ4n) is 3.08. The molecule has 2 aromatic rings. The maximum atomic E-state index is 12.1. The summed E-state index contributed by atoms with van der Waals surface area (Å²) >= 11 is 0. The third kappa shape index (κ3) is 5.84. The van der Waals surface area contributed by atoms with Crippen LogP contribution in [-0.4, -0.2) is 32.5 Å². The molecule has 0 heterocycles. The topological polar surface area (TPSA) is 61.4 Å². The SMILES string of the molecule is Cc1cc(C)c(NC(=O)C(=O)NCCCc2ccc(N(C)C)cc2)c(C)c1. The van der Waals surface area contributed by atoms with Crippen molar-refractivity contribution in [2.24, 2.45) is 0 Å². The lowest BCUT2D eigenvalue weighted by atomic mass is 10.1. The summed E-state index contributed by atoms with van der Waals surface area (Å²) in [5.74, 6) is -1.22. The number of hydrogen-bond acceptors (Lipinski definition) is 3. The second-order valence-corrected chi connectivity index (χ2v) is 7.15. The monoisotopic (exact) mass is 367 g/mol. The van der Waals surface area contributed by atoms with Gasteiger partial charge in [-0.1, -0.05) is 29.8 Å². The van der Waals surface area contributed by atoms with Crippen LogP contribution >= 0.6 is 0 Å². The van der Waals surface area contributed by atoms with E-state index in [1.165, 1.54) is 5.56 Å². The Balaban J connectivity index is 1.79. The minimum Gasteiger partial charge on any atom is -0.378 e. The molecule has 0 spiro atoms. The molecule has 0 atom stereocenters. The number of rotatable bonds is 6. The van der Waals surface area contributed by atoms with Crippen LogP contribution in [0.25, 0.3) is 0 Å². The van der Waals surface area contributed by atoms with Gasteiger partial charge in [0.25, 0.3) is 0 Å². The van der Waals surface area contributed by atoms with E-state index in [9.17, 15) is 9.59 Å². The number of benzene rings is 2. The Morgan fingerprint density at radius 1 is 0.926 bits per heavy atom. The maximum Gasteiger partial charge on any atom is 0.313 e. The Kier molecular flexibility index (Phi) is 6.99. The van der Waals surface area contributed by atoms with Crippen LogP contribution in [-0.2, 0) is 16.0 Å². The molecule has 0 aromatic heterocycles. The van der Waals surface area contributed by atoms with Crippen molar-refractivity contribution < 1.29 is 9.59 Å². The summed E-state index contributed by atoms with van der Waals surface area (Å²) in [7, 11) is 4.02. The van der Waals surface area contributed by atoms with Crippen molar-refractivity contribution in [1.29, 1.82) is 0 Å². The number of carbonyl (C=O) groups is 2. The van der Waals surface area contributed by atoms with E-state index in [2.05, 4.69) is 39.8 Å². The largest absolute Gasteiger partial charge is 0.378 e. The lowest BCUT2D eigenvalue weighted by molar-refractivity contribution is -0.136. The normalized spacial score (nSPS) is 10.4. The van der Waals surface area contributed by atoms with Crippen molar-refractivity contribution in [2.45, 2.75) is 33.6 Å². The van der Waals surface area contributed by atoms with Gasteiger partial charge in [-0.3, -0.25) is 9.59 Å². The number of carbonyl (C=O) groups excluding carboxylic acids is 2. The molecule has 0 aliphatic rings. The van der Waals surface area contributed by atoms with Gasteiger partial charge in [0.15, 0.2) is 0 Å². The summed E-state index contributed by atoms with van der Waals surface area (Å²) in [5.41, 5.74) is 6.12. The Bertz CT molecular complexity index is 788. The van der Waals surface area contributed by atoms with Gasteiger partial charge >= 0.3 is 11.8 Å². The van der Waals surface area contributed by atoms with Crippen molar-refractivity contribution >= 4 is 23.2 Å². The first kappa shape index (κ1) is 20.5. The highest BCUT2D eigenvalue weighted by atomic mass is 16.2. The summed E-state index contributed by atoms with van der Waals surface area (Å²) in [6.07, 6.45) is 1.63. The molecule has 0 saturated heterocycles. The van der Waals surface area contributed by atoms with Gasteiger partial charge in [-0.25, -0.2) is 0 Å². The number of hydrogen-bond donors (Lipinski definition) is 2. The van der Waals surface area contributed by atoms with E-state index in [1.54, 1.807) is 0 Å². The average molecular weight is 367 g/mol. The van der Waals surface area contributed by atoms with Gasteiger partial charge in [0.2, 0.25) is 0 Å². The third-order valence-corrected chi connectivity index (χ3v) is 4.50. The summed E-state index contributed by atoms with van der Waals surface area (Å²) in [5, 5.41) is 5.42. The summed E-state index contributed by atoms with van der Waals surface area (Å²) < 4.78 is 0. The Morgan fingerprint density at radius 2 is 1.52 bits per heavy atom. The molecule has 0 fully saturated rings.